The first-order valence-electron chi connectivity index (χ1n) is 8.84. The average Bonchev–Trinajstić information content (AvgIpc) is 3.13. The van der Waals surface area contributed by atoms with Gasteiger partial charge in [-0.1, -0.05) is 6.07 Å². The number of nitrogens with zero attached hydrogens (tertiary/aromatic N) is 1. The number of anilines is 3. The highest BCUT2D eigenvalue weighted by Crippen LogP contribution is 2.36. The molecule has 8 heteroatoms. The predicted molar refractivity (Wildman–Crippen MR) is 107 cm³/mol. The summed E-state index contributed by atoms with van der Waals surface area (Å²) in [5.74, 6) is 1.54. The second-order valence-electron chi connectivity index (χ2n) is 6.16. The van der Waals surface area contributed by atoms with Gasteiger partial charge in [0, 0.05) is 24.7 Å². The Kier molecular flexibility index (Phi) is 5.88. The Hall–Kier alpha value is -3.42. The van der Waals surface area contributed by atoms with Crippen LogP contribution in [-0.4, -0.2) is 39.8 Å². The SMILES string of the molecule is COc1cc(NC(=O)Nc2cccc(OC)c2OC)ccc1N1CCCC1=O. The van der Waals surface area contributed by atoms with Crippen LogP contribution in [0.25, 0.3) is 0 Å². The van der Waals surface area contributed by atoms with E-state index in [1.807, 2.05) is 0 Å². The molecule has 1 aliphatic rings. The Balaban J connectivity index is 1.75. The molecule has 0 radical (unpaired) electrons. The van der Waals surface area contributed by atoms with Gasteiger partial charge >= 0.3 is 6.03 Å². The third-order valence-electron chi connectivity index (χ3n) is 4.45. The van der Waals surface area contributed by atoms with Crippen LogP contribution >= 0.6 is 0 Å². The van der Waals surface area contributed by atoms with Crippen LogP contribution in [-0.2, 0) is 4.79 Å². The molecule has 2 N–H and O–H groups in total. The van der Waals surface area contributed by atoms with Crippen molar-refractivity contribution >= 4 is 29.0 Å². The van der Waals surface area contributed by atoms with Crippen molar-refractivity contribution in [1.82, 2.24) is 0 Å². The minimum Gasteiger partial charge on any atom is -0.494 e. The van der Waals surface area contributed by atoms with E-state index in [-0.39, 0.29) is 5.91 Å². The van der Waals surface area contributed by atoms with Gasteiger partial charge in [0.15, 0.2) is 11.5 Å². The van der Waals surface area contributed by atoms with Crippen molar-refractivity contribution in [3.8, 4) is 17.2 Å². The van der Waals surface area contributed by atoms with E-state index >= 15 is 0 Å². The number of hydrogen-bond acceptors (Lipinski definition) is 5. The number of carbonyl (C=O) groups is 2. The number of amides is 3. The molecule has 1 fully saturated rings. The van der Waals surface area contributed by atoms with Crippen molar-refractivity contribution in [1.29, 1.82) is 0 Å². The van der Waals surface area contributed by atoms with Gasteiger partial charge in [-0.2, -0.15) is 0 Å². The summed E-state index contributed by atoms with van der Waals surface area (Å²) in [6.45, 7) is 0.665. The first-order chi connectivity index (χ1) is 13.6. The van der Waals surface area contributed by atoms with Gasteiger partial charge in [0.05, 0.1) is 32.7 Å². The summed E-state index contributed by atoms with van der Waals surface area (Å²) in [6.07, 6.45) is 1.36. The quantitative estimate of drug-likeness (QED) is 0.795. The summed E-state index contributed by atoms with van der Waals surface area (Å²) >= 11 is 0. The molecule has 0 unspecified atom stereocenters. The minimum atomic E-state index is -0.446. The molecule has 0 aromatic heterocycles. The fourth-order valence-electron chi connectivity index (χ4n) is 3.15. The van der Waals surface area contributed by atoms with Gasteiger partial charge in [-0.15, -0.1) is 0 Å². The van der Waals surface area contributed by atoms with Crippen LogP contribution < -0.4 is 29.7 Å². The molecule has 28 heavy (non-hydrogen) atoms. The van der Waals surface area contributed by atoms with Crippen LogP contribution in [0.3, 0.4) is 0 Å². The smallest absolute Gasteiger partial charge is 0.323 e. The Bertz CT molecular complexity index is 884. The van der Waals surface area contributed by atoms with Crippen LogP contribution in [0.4, 0.5) is 21.9 Å². The second-order valence-corrected chi connectivity index (χ2v) is 6.16. The Labute approximate surface area is 163 Å². The number of rotatable bonds is 6. The van der Waals surface area contributed by atoms with E-state index in [1.165, 1.54) is 21.3 Å². The maximum Gasteiger partial charge on any atom is 0.323 e. The van der Waals surface area contributed by atoms with Gasteiger partial charge in [-0.25, -0.2) is 4.79 Å². The Morgan fingerprint density at radius 2 is 1.79 bits per heavy atom. The standard InChI is InChI=1S/C20H23N3O5/c1-26-16-7-4-6-14(19(16)28-3)22-20(25)21-13-9-10-15(17(12-13)27-2)23-11-5-8-18(23)24/h4,6-7,9-10,12H,5,8,11H2,1-3H3,(H2,21,22,25). The molecule has 0 bridgehead atoms. The van der Waals surface area contributed by atoms with Gasteiger partial charge in [0.2, 0.25) is 5.91 Å². The molecule has 0 spiro atoms. The summed E-state index contributed by atoms with van der Waals surface area (Å²) in [5, 5.41) is 5.49. The molecule has 0 saturated carbocycles. The van der Waals surface area contributed by atoms with Crippen LogP contribution in [0.1, 0.15) is 12.8 Å². The molecule has 2 aromatic rings. The number of urea groups is 1. The van der Waals surface area contributed by atoms with E-state index in [0.29, 0.717) is 47.3 Å². The third-order valence-corrected chi connectivity index (χ3v) is 4.45. The van der Waals surface area contributed by atoms with Crippen molar-refractivity contribution in [2.75, 3.05) is 43.4 Å². The molecule has 8 nitrogen and oxygen atoms in total. The van der Waals surface area contributed by atoms with Crippen molar-refractivity contribution < 1.29 is 23.8 Å². The average molecular weight is 385 g/mol. The van der Waals surface area contributed by atoms with Crippen molar-refractivity contribution in [3.63, 3.8) is 0 Å². The zero-order valence-electron chi connectivity index (χ0n) is 16.1. The lowest BCUT2D eigenvalue weighted by atomic mass is 10.2. The van der Waals surface area contributed by atoms with Gasteiger partial charge in [-0.05, 0) is 30.7 Å². The lowest BCUT2D eigenvalue weighted by Gasteiger charge is -2.20. The maximum absolute atomic E-state index is 12.4. The number of para-hydroxylation sites is 1. The molecule has 1 aliphatic heterocycles. The van der Waals surface area contributed by atoms with Gasteiger partial charge in [0.1, 0.15) is 5.75 Å². The molecule has 0 aliphatic carbocycles. The van der Waals surface area contributed by atoms with E-state index in [2.05, 4.69) is 10.6 Å². The van der Waals surface area contributed by atoms with Crippen molar-refractivity contribution in [2.45, 2.75) is 12.8 Å². The topological polar surface area (TPSA) is 89.1 Å². The molecule has 3 amide bonds. The monoisotopic (exact) mass is 385 g/mol. The lowest BCUT2D eigenvalue weighted by Crippen LogP contribution is -2.24. The molecule has 148 valence electrons. The van der Waals surface area contributed by atoms with Crippen LogP contribution in [0.2, 0.25) is 0 Å². The molecular formula is C20H23N3O5. The van der Waals surface area contributed by atoms with Crippen molar-refractivity contribution in [2.24, 2.45) is 0 Å². The third kappa shape index (κ3) is 3.95. The van der Waals surface area contributed by atoms with E-state index in [0.717, 1.165) is 6.42 Å². The highest BCUT2D eigenvalue weighted by molar-refractivity contribution is 6.02. The number of nitrogens with one attached hydrogen (secondary N) is 2. The largest absolute Gasteiger partial charge is 0.494 e. The van der Waals surface area contributed by atoms with Gasteiger partial charge < -0.3 is 29.7 Å². The summed E-state index contributed by atoms with van der Waals surface area (Å²) in [4.78, 5) is 26.1. The number of benzene rings is 2. The fourth-order valence-corrected chi connectivity index (χ4v) is 3.15. The highest BCUT2D eigenvalue weighted by atomic mass is 16.5. The normalized spacial score (nSPS) is 13.2. The zero-order valence-corrected chi connectivity index (χ0v) is 16.1. The minimum absolute atomic E-state index is 0.0712. The molecular weight excluding hydrogens is 362 g/mol. The van der Waals surface area contributed by atoms with E-state index < -0.39 is 6.03 Å². The number of ether oxygens (including phenoxy) is 3. The highest BCUT2D eigenvalue weighted by Gasteiger charge is 2.24. The molecule has 1 saturated heterocycles. The first-order valence-corrected chi connectivity index (χ1v) is 8.84. The van der Waals surface area contributed by atoms with Crippen molar-refractivity contribution in [3.05, 3.63) is 36.4 Å². The summed E-state index contributed by atoms with van der Waals surface area (Å²) in [7, 11) is 4.56. The van der Waals surface area contributed by atoms with Crippen LogP contribution in [0, 0.1) is 0 Å². The first kappa shape index (κ1) is 19.3. The summed E-state index contributed by atoms with van der Waals surface area (Å²) in [5.41, 5.74) is 1.71. The van der Waals surface area contributed by atoms with Gasteiger partial charge in [-0.3, -0.25) is 4.79 Å². The number of carbonyl (C=O) groups excluding carboxylic acids is 2. The van der Waals surface area contributed by atoms with Crippen LogP contribution in [0.5, 0.6) is 17.2 Å². The molecule has 2 aromatic carbocycles. The summed E-state index contributed by atoms with van der Waals surface area (Å²) in [6, 6.07) is 9.94. The number of methoxy groups -OCH3 is 3. The lowest BCUT2D eigenvalue weighted by molar-refractivity contribution is -0.117. The number of hydrogen-bond donors (Lipinski definition) is 2. The fraction of sp³-hybridized carbons (Fsp3) is 0.300. The molecule has 3 rings (SSSR count). The Morgan fingerprint density at radius 1 is 1.00 bits per heavy atom. The second kappa shape index (κ2) is 8.51. The summed E-state index contributed by atoms with van der Waals surface area (Å²) < 4.78 is 16.0. The maximum atomic E-state index is 12.4. The molecule has 0 atom stereocenters. The van der Waals surface area contributed by atoms with Crippen LogP contribution in [0.15, 0.2) is 36.4 Å². The van der Waals surface area contributed by atoms with E-state index in [9.17, 15) is 9.59 Å². The van der Waals surface area contributed by atoms with E-state index in [1.54, 1.807) is 41.3 Å². The van der Waals surface area contributed by atoms with E-state index in [4.69, 9.17) is 14.2 Å². The zero-order chi connectivity index (χ0) is 20.1. The van der Waals surface area contributed by atoms with Gasteiger partial charge in [0.25, 0.3) is 0 Å². The Morgan fingerprint density at radius 3 is 2.43 bits per heavy atom. The predicted octanol–water partition coefficient (Wildman–Crippen LogP) is 3.48. The molecule has 1 heterocycles.